The van der Waals surface area contributed by atoms with Crippen LogP contribution in [0.1, 0.15) is 0 Å². The first-order valence-electron chi connectivity index (χ1n) is 2.93. The predicted octanol–water partition coefficient (Wildman–Crippen LogP) is -3.03. The van der Waals surface area contributed by atoms with Crippen LogP contribution in [0.25, 0.3) is 0 Å². The summed E-state index contributed by atoms with van der Waals surface area (Å²) in [5, 5.41) is 24.8. The summed E-state index contributed by atoms with van der Waals surface area (Å²) in [4.78, 5) is 31.1. The first kappa shape index (κ1) is 15.1. The topological polar surface area (TPSA) is 156 Å². The summed E-state index contributed by atoms with van der Waals surface area (Å²) >= 11 is 0. The predicted molar refractivity (Wildman–Crippen MR) is 39.4 cm³/mol. The van der Waals surface area contributed by atoms with Gasteiger partial charge in [0.25, 0.3) is 0 Å². The van der Waals surface area contributed by atoms with Gasteiger partial charge in [-0.2, -0.15) is 0 Å². The van der Waals surface area contributed by atoms with Gasteiger partial charge in [-0.1, -0.05) is 0 Å². The Morgan fingerprint density at radius 1 is 1.23 bits per heavy atom. The molecule has 0 radical (unpaired) electrons. The van der Waals surface area contributed by atoms with Crippen LogP contribution in [0.15, 0.2) is 0 Å². The lowest BCUT2D eigenvalue weighted by Gasteiger charge is -2.06. The van der Waals surface area contributed by atoms with Crippen molar-refractivity contribution in [1.82, 2.24) is 0 Å². The molecule has 6 N–H and O–H groups in total. The molecular formula is C4H11O8P. The quantitative estimate of drug-likeness (QED) is 0.216. The zero-order valence-corrected chi connectivity index (χ0v) is 7.28. The van der Waals surface area contributed by atoms with Gasteiger partial charge in [-0.25, -0.2) is 4.57 Å². The van der Waals surface area contributed by atoms with E-state index in [4.69, 9.17) is 34.6 Å². The van der Waals surface area contributed by atoms with Gasteiger partial charge >= 0.3 is 7.82 Å². The third-order valence-electron chi connectivity index (χ3n) is 0.721. The van der Waals surface area contributed by atoms with Crippen molar-refractivity contribution in [1.29, 1.82) is 0 Å². The van der Waals surface area contributed by atoms with Crippen LogP contribution in [0.3, 0.4) is 0 Å². The maximum atomic E-state index is 9.58. The van der Waals surface area contributed by atoms with E-state index in [1.807, 2.05) is 0 Å². The third-order valence-corrected chi connectivity index (χ3v) is 0.721. The number of phosphoric acid groups is 1. The Morgan fingerprint density at radius 2 is 1.54 bits per heavy atom. The number of rotatable bonds is 3. The van der Waals surface area contributed by atoms with Crippen molar-refractivity contribution in [2.75, 3.05) is 6.61 Å². The van der Waals surface area contributed by atoms with Crippen LogP contribution in [0, 0.1) is 0 Å². The highest BCUT2D eigenvalue weighted by Crippen LogP contribution is 2.25. The molecule has 0 amide bonds. The molecule has 0 spiro atoms. The van der Waals surface area contributed by atoms with Gasteiger partial charge in [-0.05, 0) is 0 Å². The molecule has 0 aliphatic carbocycles. The molecule has 0 bridgehead atoms. The van der Waals surface area contributed by atoms with Crippen LogP contribution in [-0.4, -0.2) is 55.1 Å². The second-order valence-corrected chi connectivity index (χ2v) is 2.92. The molecule has 0 unspecified atom stereocenters. The molecule has 0 heterocycles. The van der Waals surface area contributed by atoms with E-state index < -0.39 is 26.6 Å². The van der Waals surface area contributed by atoms with E-state index in [1.165, 1.54) is 0 Å². The molecule has 80 valence electrons. The Kier molecular flexibility index (Phi) is 8.27. The van der Waals surface area contributed by atoms with E-state index >= 15 is 0 Å². The van der Waals surface area contributed by atoms with Crippen molar-refractivity contribution in [3.63, 3.8) is 0 Å². The van der Waals surface area contributed by atoms with Crippen molar-refractivity contribution >= 4 is 14.1 Å². The molecule has 0 aliphatic rings. The molecular weight excluding hydrogens is 207 g/mol. The number of hydrogen-bond donors (Lipinski definition) is 6. The highest BCUT2D eigenvalue weighted by Gasteiger charge is 2.12. The molecule has 0 rings (SSSR count). The maximum Gasteiger partial charge on any atom is 0.466 e. The minimum Gasteiger partial charge on any atom is -0.394 e. The fourth-order valence-corrected chi connectivity index (χ4v) is 0.199. The molecule has 0 fully saturated rings. The lowest BCUT2D eigenvalue weighted by atomic mass is 10.2. The van der Waals surface area contributed by atoms with Gasteiger partial charge in [0.05, 0.1) is 6.61 Å². The lowest BCUT2D eigenvalue weighted by molar-refractivity contribution is -0.121. The number of hydrogen-bond acceptors (Lipinski definition) is 5. The number of aliphatic hydroxyl groups is 3. The van der Waals surface area contributed by atoms with E-state index in [1.54, 1.807) is 0 Å². The number of aldehydes is 1. The van der Waals surface area contributed by atoms with Gasteiger partial charge in [-0.15, -0.1) is 0 Å². The van der Waals surface area contributed by atoms with E-state index in [0.717, 1.165) is 0 Å². The van der Waals surface area contributed by atoms with Crippen LogP contribution in [0.5, 0.6) is 0 Å². The van der Waals surface area contributed by atoms with Crippen molar-refractivity contribution in [2.45, 2.75) is 12.2 Å². The van der Waals surface area contributed by atoms with Crippen molar-refractivity contribution < 1.29 is 39.4 Å². The van der Waals surface area contributed by atoms with Crippen LogP contribution < -0.4 is 0 Å². The molecule has 0 saturated heterocycles. The largest absolute Gasteiger partial charge is 0.466 e. The average molecular weight is 218 g/mol. The van der Waals surface area contributed by atoms with Gasteiger partial charge in [0, 0.05) is 0 Å². The lowest BCUT2D eigenvalue weighted by Crippen LogP contribution is -2.30. The summed E-state index contributed by atoms with van der Waals surface area (Å²) in [6.45, 7) is -0.597. The first-order chi connectivity index (χ1) is 5.72. The standard InChI is InChI=1S/C4H8O4.H3O4P/c5-1-3(7)4(8)2-6;1-5(2,3)4/h1,3-4,6-8H,2H2;(H3,1,2,3,4)/t3-,4+;/m0./s1. The summed E-state index contributed by atoms with van der Waals surface area (Å²) in [5.74, 6) is 0. The Morgan fingerprint density at radius 3 is 1.62 bits per heavy atom. The molecule has 0 aromatic rings. The fraction of sp³-hybridized carbons (Fsp3) is 0.750. The van der Waals surface area contributed by atoms with Crippen LogP contribution in [-0.2, 0) is 9.36 Å². The third kappa shape index (κ3) is 18.5. The molecule has 0 aromatic heterocycles. The van der Waals surface area contributed by atoms with Crippen molar-refractivity contribution in [3.8, 4) is 0 Å². The summed E-state index contributed by atoms with van der Waals surface area (Å²) in [7, 11) is -4.64. The molecule has 13 heavy (non-hydrogen) atoms. The molecule has 9 heteroatoms. The second-order valence-electron chi connectivity index (χ2n) is 1.89. The number of aliphatic hydroxyl groups excluding tert-OH is 3. The molecule has 8 nitrogen and oxygen atoms in total. The van der Waals surface area contributed by atoms with Gasteiger partial charge < -0.3 is 34.8 Å². The zero-order valence-electron chi connectivity index (χ0n) is 6.39. The number of carbonyl (C=O) groups excluding carboxylic acids is 1. The molecule has 2 atom stereocenters. The molecule has 0 aromatic carbocycles. The van der Waals surface area contributed by atoms with Gasteiger partial charge in [-0.3, -0.25) is 0 Å². The normalized spacial score (nSPS) is 15.2. The van der Waals surface area contributed by atoms with Crippen molar-refractivity contribution in [2.24, 2.45) is 0 Å². The zero-order chi connectivity index (χ0) is 11.1. The Bertz CT molecular complexity index is 167. The van der Waals surface area contributed by atoms with E-state index in [9.17, 15) is 4.79 Å². The maximum absolute atomic E-state index is 9.58. The molecule has 0 aliphatic heterocycles. The van der Waals surface area contributed by atoms with Crippen LogP contribution in [0.2, 0.25) is 0 Å². The van der Waals surface area contributed by atoms with Crippen LogP contribution >= 0.6 is 7.82 Å². The molecule has 0 saturated carbocycles. The monoisotopic (exact) mass is 218 g/mol. The van der Waals surface area contributed by atoms with E-state index in [-0.39, 0.29) is 6.29 Å². The SMILES string of the molecule is O=C[C@H](O)[C@H](O)CO.O=P(O)(O)O. The Labute approximate surface area is 73.3 Å². The van der Waals surface area contributed by atoms with Gasteiger partial charge in [0.1, 0.15) is 12.2 Å². The Hall–Kier alpha value is -0.340. The van der Waals surface area contributed by atoms with Gasteiger partial charge in [0.15, 0.2) is 6.29 Å². The summed E-state index contributed by atoms with van der Waals surface area (Å²) in [6.07, 6.45) is -2.63. The van der Waals surface area contributed by atoms with Crippen molar-refractivity contribution in [3.05, 3.63) is 0 Å². The summed E-state index contributed by atoms with van der Waals surface area (Å²) < 4.78 is 8.88. The smallest absolute Gasteiger partial charge is 0.394 e. The summed E-state index contributed by atoms with van der Waals surface area (Å²) in [5.41, 5.74) is 0. The Balaban J connectivity index is 0. The first-order valence-corrected chi connectivity index (χ1v) is 4.49. The minimum atomic E-state index is -4.64. The fourth-order valence-electron chi connectivity index (χ4n) is 0.199. The average Bonchev–Trinajstić information content (AvgIpc) is 1.98. The van der Waals surface area contributed by atoms with Crippen LogP contribution in [0.4, 0.5) is 0 Å². The highest BCUT2D eigenvalue weighted by atomic mass is 31.2. The van der Waals surface area contributed by atoms with Gasteiger partial charge in [0.2, 0.25) is 0 Å². The minimum absolute atomic E-state index is 0.168. The van der Waals surface area contributed by atoms with E-state index in [2.05, 4.69) is 0 Å². The number of carbonyl (C=O) groups is 1. The highest BCUT2D eigenvalue weighted by molar-refractivity contribution is 7.45. The van der Waals surface area contributed by atoms with E-state index in [0.29, 0.717) is 0 Å². The summed E-state index contributed by atoms with van der Waals surface area (Å²) in [6, 6.07) is 0. The second kappa shape index (κ2) is 7.10.